The predicted octanol–water partition coefficient (Wildman–Crippen LogP) is 4.41. The molecule has 1 atom stereocenters. The van der Waals surface area contributed by atoms with Crippen LogP contribution in [0.5, 0.6) is 5.75 Å². The van der Waals surface area contributed by atoms with Crippen molar-refractivity contribution in [1.29, 1.82) is 0 Å². The molecule has 1 amide bonds. The van der Waals surface area contributed by atoms with Gasteiger partial charge in [0.1, 0.15) is 5.75 Å². The van der Waals surface area contributed by atoms with Gasteiger partial charge in [-0.25, -0.2) is 4.98 Å². The highest BCUT2D eigenvalue weighted by Crippen LogP contribution is 2.27. The van der Waals surface area contributed by atoms with E-state index in [1.54, 1.807) is 14.2 Å². The van der Waals surface area contributed by atoms with Crippen molar-refractivity contribution in [3.05, 3.63) is 60.2 Å². The van der Waals surface area contributed by atoms with Gasteiger partial charge in [0.05, 0.1) is 36.5 Å². The van der Waals surface area contributed by atoms with E-state index in [0.29, 0.717) is 18.7 Å². The van der Waals surface area contributed by atoms with Gasteiger partial charge in [-0.15, -0.1) is 0 Å². The summed E-state index contributed by atoms with van der Waals surface area (Å²) in [5, 5.41) is 0.854. The van der Waals surface area contributed by atoms with E-state index in [0.717, 1.165) is 27.9 Å². The van der Waals surface area contributed by atoms with Crippen LogP contribution in [0.25, 0.3) is 22.2 Å². The van der Waals surface area contributed by atoms with Crippen LogP contribution in [0.3, 0.4) is 0 Å². The Hall–Kier alpha value is -2.92. The van der Waals surface area contributed by atoms with Crippen LogP contribution in [-0.2, 0) is 4.74 Å². The summed E-state index contributed by atoms with van der Waals surface area (Å²) in [6, 6.07) is 17.3. The standard InChI is InChI=1S/C23H26N2O3/c1-5-25(16(2)15-27-3)23(26)20-14-22(17-10-12-18(28-4)13-11-17)24-21-9-7-6-8-19(20)21/h6-14,16H,5,15H2,1-4H3. The van der Waals surface area contributed by atoms with Crippen LogP contribution >= 0.6 is 0 Å². The van der Waals surface area contributed by atoms with Crippen molar-refractivity contribution >= 4 is 16.8 Å². The van der Waals surface area contributed by atoms with Crippen molar-refractivity contribution < 1.29 is 14.3 Å². The molecule has 3 rings (SSSR count). The monoisotopic (exact) mass is 378 g/mol. The molecule has 1 unspecified atom stereocenters. The van der Waals surface area contributed by atoms with Crippen molar-refractivity contribution in [2.75, 3.05) is 27.4 Å². The Morgan fingerprint density at radius 2 is 1.82 bits per heavy atom. The number of benzene rings is 2. The van der Waals surface area contributed by atoms with E-state index in [9.17, 15) is 4.79 Å². The molecule has 3 aromatic rings. The number of para-hydroxylation sites is 1. The lowest BCUT2D eigenvalue weighted by atomic mass is 10.0. The average Bonchev–Trinajstić information content (AvgIpc) is 2.73. The fraction of sp³-hybridized carbons (Fsp3) is 0.304. The van der Waals surface area contributed by atoms with E-state index in [2.05, 4.69) is 0 Å². The van der Waals surface area contributed by atoms with Crippen molar-refractivity contribution in [3.63, 3.8) is 0 Å². The van der Waals surface area contributed by atoms with Gasteiger partial charge < -0.3 is 14.4 Å². The van der Waals surface area contributed by atoms with Gasteiger partial charge in [0, 0.05) is 24.6 Å². The van der Waals surface area contributed by atoms with Gasteiger partial charge in [-0.1, -0.05) is 18.2 Å². The second-order valence-electron chi connectivity index (χ2n) is 6.70. The van der Waals surface area contributed by atoms with Crippen LogP contribution in [0.1, 0.15) is 24.2 Å². The molecule has 0 aliphatic rings. The first kappa shape index (κ1) is 19.8. The van der Waals surface area contributed by atoms with Crippen LogP contribution in [0, 0.1) is 0 Å². The first-order chi connectivity index (χ1) is 13.6. The lowest BCUT2D eigenvalue weighted by Gasteiger charge is -2.28. The molecule has 1 aromatic heterocycles. The predicted molar refractivity (Wildman–Crippen MR) is 112 cm³/mol. The molecule has 146 valence electrons. The van der Waals surface area contributed by atoms with Crippen LogP contribution < -0.4 is 4.74 Å². The minimum Gasteiger partial charge on any atom is -0.497 e. The maximum absolute atomic E-state index is 13.4. The molecular weight excluding hydrogens is 352 g/mol. The second kappa shape index (κ2) is 8.85. The number of rotatable bonds is 7. The smallest absolute Gasteiger partial charge is 0.254 e. The molecule has 2 aromatic carbocycles. The molecule has 0 aliphatic heterocycles. The fourth-order valence-corrected chi connectivity index (χ4v) is 3.40. The third-order valence-electron chi connectivity index (χ3n) is 4.87. The van der Waals surface area contributed by atoms with Crippen molar-refractivity contribution in [2.45, 2.75) is 19.9 Å². The molecule has 0 aliphatic carbocycles. The summed E-state index contributed by atoms with van der Waals surface area (Å²) in [7, 11) is 3.29. The summed E-state index contributed by atoms with van der Waals surface area (Å²) >= 11 is 0. The zero-order valence-electron chi connectivity index (χ0n) is 16.8. The van der Waals surface area contributed by atoms with Gasteiger partial charge in [0.25, 0.3) is 5.91 Å². The zero-order chi connectivity index (χ0) is 20.1. The molecule has 0 N–H and O–H groups in total. The Balaban J connectivity index is 2.11. The van der Waals surface area contributed by atoms with Crippen molar-refractivity contribution in [3.8, 4) is 17.0 Å². The summed E-state index contributed by atoms with van der Waals surface area (Å²) in [4.78, 5) is 20.0. The quantitative estimate of drug-likeness (QED) is 0.611. The number of carbonyl (C=O) groups excluding carboxylic acids is 1. The number of likely N-dealkylation sites (N-methyl/N-ethyl adjacent to an activating group) is 1. The molecule has 28 heavy (non-hydrogen) atoms. The molecule has 5 heteroatoms. The minimum atomic E-state index is -0.0149. The Morgan fingerprint density at radius 1 is 1.11 bits per heavy atom. The van der Waals surface area contributed by atoms with Crippen LogP contribution in [0.4, 0.5) is 0 Å². The number of fused-ring (bicyclic) bond motifs is 1. The number of ether oxygens (including phenoxy) is 2. The number of aromatic nitrogens is 1. The van der Waals surface area contributed by atoms with E-state index < -0.39 is 0 Å². The summed E-state index contributed by atoms with van der Waals surface area (Å²) in [5.41, 5.74) is 3.16. The molecule has 0 saturated heterocycles. The molecule has 0 fully saturated rings. The molecule has 0 saturated carbocycles. The highest BCUT2D eigenvalue weighted by Gasteiger charge is 2.23. The van der Waals surface area contributed by atoms with Gasteiger partial charge in [-0.2, -0.15) is 0 Å². The zero-order valence-corrected chi connectivity index (χ0v) is 16.8. The Bertz CT molecular complexity index is 954. The maximum Gasteiger partial charge on any atom is 0.254 e. The highest BCUT2D eigenvalue weighted by molar-refractivity contribution is 6.07. The third-order valence-corrected chi connectivity index (χ3v) is 4.87. The summed E-state index contributed by atoms with van der Waals surface area (Å²) in [6.07, 6.45) is 0. The molecular formula is C23H26N2O3. The number of nitrogens with zero attached hydrogens (tertiary/aromatic N) is 2. The SMILES string of the molecule is CCN(C(=O)c1cc(-c2ccc(OC)cc2)nc2ccccc12)C(C)COC. The highest BCUT2D eigenvalue weighted by atomic mass is 16.5. The summed E-state index contributed by atoms with van der Waals surface area (Å²) in [5.74, 6) is 0.770. The fourth-order valence-electron chi connectivity index (χ4n) is 3.40. The number of hydrogen-bond donors (Lipinski definition) is 0. The van der Waals surface area contributed by atoms with Crippen LogP contribution in [-0.4, -0.2) is 49.2 Å². The van der Waals surface area contributed by atoms with Crippen molar-refractivity contribution in [2.24, 2.45) is 0 Å². The van der Waals surface area contributed by atoms with Crippen molar-refractivity contribution in [1.82, 2.24) is 9.88 Å². The molecule has 0 spiro atoms. The van der Waals surface area contributed by atoms with E-state index in [1.165, 1.54) is 0 Å². The van der Waals surface area contributed by atoms with Gasteiger partial charge in [0.15, 0.2) is 0 Å². The average molecular weight is 378 g/mol. The van der Waals surface area contributed by atoms with E-state index in [-0.39, 0.29) is 11.9 Å². The maximum atomic E-state index is 13.4. The number of methoxy groups -OCH3 is 2. The van der Waals surface area contributed by atoms with Gasteiger partial charge in [0.2, 0.25) is 0 Å². The molecule has 1 heterocycles. The third kappa shape index (κ3) is 3.99. The largest absolute Gasteiger partial charge is 0.497 e. The van der Waals surface area contributed by atoms with E-state index in [1.807, 2.05) is 73.3 Å². The topological polar surface area (TPSA) is 51.7 Å². The normalized spacial score (nSPS) is 12.0. The Morgan fingerprint density at radius 3 is 2.46 bits per heavy atom. The first-order valence-corrected chi connectivity index (χ1v) is 9.43. The number of amides is 1. The number of carbonyl (C=O) groups is 1. The first-order valence-electron chi connectivity index (χ1n) is 9.43. The number of pyridine rings is 1. The molecule has 0 radical (unpaired) electrons. The van der Waals surface area contributed by atoms with Crippen LogP contribution in [0.2, 0.25) is 0 Å². The van der Waals surface area contributed by atoms with Gasteiger partial charge in [-0.3, -0.25) is 4.79 Å². The lowest BCUT2D eigenvalue weighted by molar-refractivity contribution is 0.0581. The van der Waals surface area contributed by atoms with E-state index >= 15 is 0 Å². The van der Waals surface area contributed by atoms with Crippen LogP contribution in [0.15, 0.2) is 54.6 Å². The molecule has 5 nitrogen and oxygen atoms in total. The van der Waals surface area contributed by atoms with E-state index in [4.69, 9.17) is 14.5 Å². The molecule has 0 bridgehead atoms. The summed E-state index contributed by atoms with van der Waals surface area (Å²) in [6.45, 7) is 5.09. The minimum absolute atomic E-state index is 0.0135. The lowest BCUT2D eigenvalue weighted by Crippen LogP contribution is -2.41. The Kier molecular flexibility index (Phi) is 6.26. The number of hydrogen-bond acceptors (Lipinski definition) is 4. The van der Waals surface area contributed by atoms with Gasteiger partial charge >= 0.3 is 0 Å². The summed E-state index contributed by atoms with van der Waals surface area (Å²) < 4.78 is 10.5. The second-order valence-corrected chi connectivity index (χ2v) is 6.70. The Labute approximate surface area is 165 Å². The van der Waals surface area contributed by atoms with Gasteiger partial charge in [-0.05, 0) is 50.2 Å².